The Kier molecular flexibility index (Phi) is 2.49. The zero-order valence-corrected chi connectivity index (χ0v) is 8.35. The second-order valence-corrected chi connectivity index (χ2v) is 3.97. The van der Waals surface area contributed by atoms with Gasteiger partial charge >= 0.3 is 0 Å². The summed E-state index contributed by atoms with van der Waals surface area (Å²) < 4.78 is 0. The van der Waals surface area contributed by atoms with Crippen molar-refractivity contribution in [2.45, 2.75) is 0 Å². The molecular weight excluding hydrogens is 206 g/mol. The largest absolute Gasteiger partial charge is 0.288 e. The zero-order valence-electron chi connectivity index (χ0n) is 6.77. The number of thioether (sulfide) groups is 1. The summed E-state index contributed by atoms with van der Waals surface area (Å²) in [7, 11) is 0. The van der Waals surface area contributed by atoms with Gasteiger partial charge in [0.2, 0.25) is 0 Å². The molecule has 0 radical (unpaired) electrons. The highest BCUT2D eigenvalue weighted by atomic mass is 35.5. The normalized spacial score (nSPS) is 16.2. The Balaban J connectivity index is 2.30. The molecule has 1 aliphatic rings. The third kappa shape index (κ3) is 1.82. The monoisotopic (exact) mass is 213 g/mol. The highest BCUT2D eigenvalue weighted by molar-refractivity contribution is 8.02. The quantitative estimate of drug-likeness (QED) is 0.776. The van der Waals surface area contributed by atoms with E-state index in [4.69, 9.17) is 11.6 Å². The number of nitrogens with zero attached hydrogens (tertiary/aromatic N) is 1. The molecule has 0 aromatic heterocycles. The molecule has 0 bridgehead atoms. The van der Waals surface area contributed by atoms with Crippen molar-refractivity contribution < 1.29 is 5.21 Å². The SMILES string of the molecule is ON1CSC=C1c1ccc(Cl)cc1. The summed E-state index contributed by atoms with van der Waals surface area (Å²) in [4.78, 5) is 0. The van der Waals surface area contributed by atoms with E-state index >= 15 is 0 Å². The van der Waals surface area contributed by atoms with Crippen LogP contribution >= 0.6 is 23.4 Å². The predicted molar refractivity (Wildman–Crippen MR) is 55.5 cm³/mol. The first-order chi connectivity index (χ1) is 6.27. The standard InChI is InChI=1S/C9H8ClNOS/c10-8-3-1-7(2-4-8)9-5-13-6-11(9)12/h1-5,12H,6H2. The van der Waals surface area contributed by atoms with Crippen LogP contribution in [0.2, 0.25) is 5.02 Å². The Morgan fingerprint density at radius 1 is 1.31 bits per heavy atom. The summed E-state index contributed by atoms with van der Waals surface area (Å²) in [5, 5.41) is 13.3. The molecule has 0 fully saturated rings. The van der Waals surface area contributed by atoms with Crippen LogP contribution in [-0.2, 0) is 0 Å². The van der Waals surface area contributed by atoms with Gasteiger partial charge in [0, 0.05) is 10.6 Å². The van der Waals surface area contributed by atoms with Crippen LogP contribution in [0.1, 0.15) is 5.56 Å². The number of hydrogen-bond donors (Lipinski definition) is 1. The zero-order chi connectivity index (χ0) is 9.26. The smallest absolute Gasteiger partial charge is 0.0949 e. The maximum Gasteiger partial charge on any atom is 0.0949 e. The minimum atomic E-state index is 0.595. The van der Waals surface area contributed by atoms with E-state index < -0.39 is 0 Å². The van der Waals surface area contributed by atoms with Crippen LogP contribution in [0.25, 0.3) is 5.70 Å². The second-order valence-electron chi connectivity index (χ2n) is 2.71. The van der Waals surface area contributed by atoms with E-state index in [0.717, 1.165) is 11.3 Å². The molecular formula is C9H8ClNOS. The molecule has 0 spiro atoms. The van der Waals surface area contributed by atoms with Crippen molar-refractivity contribution in [3.63, 3.8) is 0 Å². The van der Waals surface area contributed by atoms with E-state index in [1.54, 1.807) is 11.8 Å². The molecule has 0 saturated heterocycles. The summed E-state index contributed by atoms with van der Waals surface area (Å²) in [6.45, 7) is 0. The number of benzene rings is 1. The Morgan fingerprint density at radius 2 is 2.00 bits per heavy atom. The average Bonchev–Trinajstić information content (AvgIpc) is 2.53. The van der Waals surface area contributed by atoms with Gasteiger partial charge in [0.25, 0.3) is 0 Å². The van der Waals surface area contributed by atoms with E-state index in [9.17, 15) is 5.21 Å². The van der Waals surface area contributed by atoms with Crippen LogP contribution in [0, 0.1) is 0 Å². The van der Waals surface area contributed by atoms with Gasteiger partial charge < -0.3 is 0 Å². The Labute approximate surface area is 85.8 Å². The first-order valence-corrected chi connectivity index (χ1v) is 5.24. The third-order valence-corrected chi connectivity index (χ3v) is 2.85. The summed E-state index contributed by atoms with van der Waals surface area (Å²) in [5.41, 5.74) is 1.82. The second kappa shape index (κ2) is 3.62. The maximum absolute atomic E-state index is 9.42. The molecule has 0 unspecified atom stereocenters. The lowest BCUT2D eigenvalue weighted by atomic mass is 10.2. The number of halogens is 1. The predicted octanol–water partition coefficient (Wildman–Crippen LogP) is 3.03. The number of hydrogen-bond acceptors (Lipinski definition) is 3. The fourth-order valence-electron chi connectivity index (χ4n) is 1.15. The van der Waals surface area contributed by atoms with E-state index in [-0.39, 0.29) is 0 Å². The molecule has 68 valence electrons. The fourth-order valence-corrected chi connectivity index (χ4v) is 2.05. The molecule has 2 nitrogen and oxygen atoms in total. The first kappa shape index (κ1) is 8.94. The minimum Gasteiger partial charge on any atom is -0.288 e. The van der Waals surface area contributed by atoms with E-state index in [1.165, 1.54) is 5.06 Å². The Morgan fingerprint density at radius 3 is 2.54 bits per heavy atom. The summed E-state index contributed by atoms with van der Waals surface area (Å²) in [6.07, 6.45) is 0. The van der Waals surface area contributed by atoms with Crippen LogP contribution in [0.4, 0.5) is 0 Å². The third-order valence-electron chi connectivity index (χ3n) is 1.81. The van der Waals surface area contributed by atoms with Gasteiger partial charge in [0.05, 0.1) is 11.6 Å². The van der Waals surface area contributed by atoms with Crippen molar-refractivity contribution in [2.75, 3.05) is 5.88 Å². The maximum atomic E-state index is 9.42. The highest BCUT2D eigenvalue weighted by Crippen LogP contribution is 2.29. The molecule has 1 aromatic rings. The van der Waals surface area contributed by atoms with Gasteiger partial charge in [-0.1, -0.05) is 23.7 Å². The molecule has 4 heteroatoms. The Hall–Kier alpha value is -0.640. The lowest BCUT2D eigenvalue weighted by molar-refractivity contribution is -0.00409. The van der Waals surface area contributed by atoms with Crippen molar-refractivity contribution in [3.8, 4) is 0 Å². The molecule has 0 saturated carbocycles. The molecule has 0 atom stereocenters. The van der Waals surface area contributed by atoms with Gasteiger partial charge in [-0.25, -0.2) is 5.06 Å². The van der Waals surface area contributed by atoms with Crippen molar-refractivity contribution in [1.82, 2.24) is 5.06 Å². The molecule has 1 aromatic carbocycles. The van der Waals surface area contributed by atoms with Crippen molar-refractivity contribution in [3.05, 3.63) is 40.3 Å². The van der Waals surface area contributed by atoms with Crippen molar-refractivity contribution >= 4 is 29.1 Å². The topological polar surface area (TPSA) is 23.5 Å². The van der Waals surface area contributed by atoms with Gasteiger partial charge in [-0.05, 0) is 17.5 Å². The molecule has 1 aliphatic heterocycles. The van der Waals surface area contributed by atoms with E-state index in [2.05, 4.69) is 0 Å². The first-order valence-electron chi connectivity index (χ1n) is 3.81. The van der Waals surface area contributed by atoms with Crippen LogP contribution in [-0.4, -0.2) is 16.1 Å². The molecule has 13 heavy (non-hydrogen) atoms. The summed E-state index contributed by atoms with van der Waals surface area (Å²) in [5.74, 6) is 0.595. The van der Waals surface area contributed by atoms with Crippen LogP contribution in [0.5, 0.6) is 0 Å². The summed E-state index contributed by atoms with van der Waals surface area (Å²) >= 11 is 7.32. The van der Waals surface area contributed by atoms with Crippen LogP contribution < -0.4 is 0 Å². The van der Waals surface area contributed by atoms with Gasteiger partial charge in [-0.3, -0.25) is 5.21 Å². The lowest BCUT2D eigenvalue weighted by Crippen LogP contribution is -2.11. The van der Waals surface area contributed by atoms with Crippen molar-refractivity contribution in [1.29, 1.82) is 0 Å². The van der Waals surface area contributed by atoms with Gasteiger partial charge in [-0.2, -0.15) is 0 Å². The molecule has 1 heterocycles. The molecule has 0 aliphatic carbocycles. The fraction of sp³-hybridized carbons (Fsp3) is 0.111. The minimum absolute atomic E-state index is 0.595. The van der Waals surface area contributed by atoms with Crippen LogP contribution in [0.15, 0.2) is 29.7 Å². The molecule has 0 amide bonds. The van der Waals surface area contributed by atoms with Gasteiger partial charge in [0.1, 0.15) is 0 Å². The van der Waals surface area contributed by atoms with Gasteiger partial charge in [-0.15, -0.1) is 11.8 Å². The number of hydroxylamine groups is 2. The number of rotatable bonds is 1. The average molecular weight is 214 g/mol. The van der Waals surface area contributed by atoms with E-state index in [1.807, 2.05) is 29.7 Å². The summed E-state index contributed by atoms with van der Waals surface area (Å²) in [6, 6.07) is 7.41. The molecule has 1 N–H and O–H groups in total. The van der Waals surface area contributed by atoms with Crippen molar-refractivity contribution in [2.24, 2.45) is 0 Å². The molecule has 2 rings (SSSR count). The highest BCUT2D eigenvalue weighted by Gasteiger charge is 2.14. The van der Waals surface area contributed by atoms with Gasteiger partial charge in [0.15, 0.2) is 0 Å². The Bertz CT molecular complexity index is 336. The van der Waals surface area contributed by atoms with Crippen LogP contribution in [0.3, 0.4) is 0 Å². The van der Waals surface area contributed by atoms with E-state index in [0.29, 0.717) is 10.9 Å². The lowest BCUT2D eigenvalue weighted by Gasteiger charge is -2.12.